The SMILES string of the molecule is Cc1cc(O)c2c(N=Nc3ccc(N=Nc4c(C)cc5ccc(N)cc5c4O)c4cc(S(=O)(=O)O)ccc34)cc(C)cc2c1. The monoisotopic (exact) mass is 605 g/mol. The number of fused-ring (bicyclic) bond motifs is 3. The number of azo groups is 2. The molecule has 0 saturated carbocycles. The predicted octanol–water partition coefficient (Wildman–Crippen LogP) is 9.14. The number of rotatable bonds is 5. The maximum Gasteiger partial charge on any atom is 0.294 e. The van der Waals surface area contributed by atoms with Gasteiger partial charge in [-0.25, -0.2) is 0 Å². The highest BCUT2D eigenvalue weighted by atomic mass is 32.2. The fourth-order valence-corrected chi connectivity index (χ4v) is 5.84. The van der Waals surface area contributed by atoms with Crippen LogP contribution < -0.4 is 5.73 Å². The molecule has 0 atom stereocenters. The number of hydrogen-bond donors (Lipinski definition) is 4. The average Bonchev–Trinajstić information content (AvgIpc) is 2.95. The van der Waals surface area contributed by atoms with Crippen molar-refractivity contribution in [2.24, 2.45) is 20.5 Å². The van der Waals surface area contributed by atoms with Gasteiger partial charge in [-0.2, -0.15) is 8.42 Å². The number of aromatic hydroxyl groups is 2. The number of anilines is 1. The van der Waals surface area contributed by atoms with Gasteiger partial charge in [-0.3, -0.25) is 4.55 Å². The molecule has 0 amide bonds. The first-order valence-electron chi connectivity index (χ1n) is 13.5. The second-order valence-corrected chi connectivity index (χ2v) is 12.1. The van der Waals surface area contributed by atoms with Gasteiger partial charge in [0.15, 0.2) is 5.75 Å². The van der Waals surface area contributed by atoms with Gasteiger partial charge in [-0.15, -0.1) is 20.5 Å². The Bertz CT molecular complexity index is 2330. The van der Waals surface area contributed by atoms with Crippen LogP contribution in [0.2, 0.25) is 0 Å². The minimum atomic E-state index is -4.53. The number of benzene rings is 6. The van der Waals surface area contributed by atoms with E-state index in [4.69, 9.17) is 5.73 Å². The Morgan fingerprint density at radius 3 is 2.02 bits per heavy atom. The van der Waals surface area contributed by atoms with Gasteiger partial charge in [-0.1, -0.05) is 24.3 Å². The van der Waals surface area contributed by atoms with Gasteiger partial charge in [0, 0.05) is 21.8 Å². The molecule has 6 rings (SSSR count). The molecule has 44 heavy (non-hydrogen) atoms. The zero-order valence-electron chi connectivity index (χ0n) is 23.9. The lowest BCUT2D eigenvalue weighted by Crippen LogP contribution is -1.97. The summed E-state index contributed by atoms with van der Waals surface area (Å²) in [5.41, 5.74) is 10.3. The number of phenolic OH excluding ortho intramolecular Hbond substituents is 2. The third-order valence-electron chi connectivity index (χ3n) is 7.36. The molecule has 0 heterocycles. The lowest BCUT2D eigenvalue weighted by atomic mass is 10.0. The van der Waals surface area contributed by atoms with Crippen molar-refractivity contribution in [2.75, 3.05) is 5.73 Å². The Morgan fingerprint density at radius 2 is 1.30 bits per heavy atom. The third kappa shape index (κ3) is 5.30. The molecule has 0 aliphatic rings. The van der Waals surface area contributed by atoms with E-state index < -0.39 is 10.1 Å². The fraction of sp³-hybridized carbons (Fsp3) is 0.0909. The molecule has 0 bridgehead atoms. The summed E-state index contributed by atoms with van der Waals surface area (Å²) < 4.78 is 33.8. The topological polar surface area (TPSA) is 170 Å². The first-order valence-corrected chi connectivity index (χ1v) is 15.0. The summed E-state index contributed by atoms with van der Waals surface area (Å²) in [6, 6.07) is 21.7. The van der Waals surface area contributed by atoms with Crippen molar-refractivity contribution in [3.8, 4) is 11.5 Å². The lowest BCUT2D eigenvalue weighted by molar-refractivity contribution is 0.481. The van der Waals surface area contributed by atoms with Crippen molar-refractivity contribution < 1.29 is 23.2 Å². The number of nitrogens with two attached hydrogens (primary N) is 1. The van der Waals surface area contributed by atoms with Crippen LogP contribution in [0.3, 0.4) is 0 Å². The van der Waals surface area contributed by atoms with Crippen molar-refractivity contribution in [3.05, 3.63) is 95.6 Å². The van der Waals surface area contributed by atoms with Crippen LogP contribution >= 0.6 is 0 Å². The van der Waals surface area contributed by atoms with Crippen LogP contribution in [0, 0.1) is 20.8 Å². The molecule has 220 valence electrons. The van der Waals surface area contributed by atoms with Gasteiger partial charge in [0.2, 0.25) is 0 Å². The molecule has 0 fully saturated rings. The summed E-state index contributed by atoms with van der Waals surface area (Å²) in [5.74, 6) is -0.00415. The molecule has 0 saturated heterocycles. The van der Waals surface area contributed by atoms with Crippen molar-refractivity contribution in [1.29, 1.82) is 0 Å². The summed E-state index contributed by atoms with van der Waals surface area (Å²) in [6.07, 6.45) is 0. The van der Waals surface area contributed by atoms with E-state index in [1.807, 2.05) is 38.1 Å². The van der Waals surface area contributed by atoms with Gasteiger partial charge in [0.05, 0.1) is 27.3 Å². The average molecular weight is 606 g/mol. The zero-order chi connectivity index (χ0) is 31.3. The normalized spacial score (nSPS) is 12.4. The first kappa shape index (κ1) is 28.7. The van der Waals surface area contributed by atoms with Crippen LogP contribution in [0.5, 0.6) is 11.5 Å². The maximum atomic E-state index is 12.0. The van der Waals surface area contributed by atoms with Crippen LogP contribution in [0.15, 0.2) is 104 Å². The molecular weight excluding hydrogens is 578 g/mol. The molecule has 0 aromatic heterocycles. The highest BCUT2D eigenvalue weighted by molar-refractivity contribution is 7.85. The smallest absolute Gasteiger partial charge is 0.294 e. The van der Waals surface area contributed by atoms with Crippen molar-refractivity contribution in [3.63, 3.8) is 0 Å². The second-order valence-electron chi connectivity index (χ2n) is 10.7. The molecule has 0 aliphatic carbocycles. The van der Waals surface area contributed by atoms with E-state index in [9.17, 15) is 23.2 Å². The Kier molecular flexibility index (Phi) is 6.99. The predicted molar refractivity (Wildman–Crippen MR) is 172 cm³/mol. The largest absolute Gasteiger partial charge is 0.507 e. The van der Waals surface area contributed by atoms with E-state index in [0.29, 0.717) is 44.2 Å². The molecule has 5 N–H and O–H groups in total. The summed E-state index contributed by atoms with van der Waals surface area (Å²) >= 11 is 0. The Morgan fingerprint density at radius 1 is 0.636 bits per heavy atom. The minimum absolute atomic E-state index is 0.0854. The Labute approximate surface area is 252 Å². The van der Waals surface area contributed by atoms with Crippen LogP contribution in [0.4, 0.5) is 28.4 Å². The van der Waals surface area contributed by atoms with Crippen molar-refractivity contribution in [1.82, 2.24) is 0 Å². The molecule has 0 aliphatic heterocycles. The van der Waals surface area contributed by atoms with E-state index >= 15 is 0 Å². The third-order valence-corrected chi connectivity index (χ3v) is 8.21. The highest BCUT2D eigenvalue weighted by Gasteiger charge is 2.16. The highest BCUT2D eigenvalue weighted by Crippen LogP contribution is 2.42. The quantitative estimate of drug-likeness (QED) is 0.0867. The molecular formula is C33H27N5O5S. The summed E-state index contributed by atoms with van der Waals surface area (Å²) in [6.45, 7) is 5.61. The first-order chi connectivity index (χ1) is 20.9. The minimum Gasteiger partial charge on any atom is -0.507 e. The Hall–Kier alpha value is -5.39. The van der Waals surface area contributed by atoms with E-state index in [2.05, 4.69) is 20.5 Å². The van der Waals surface area contributed by atoms with Crippen LogP contribution in [0.1, 0.15) is 16.7 Å². The van der Waals surface area contributed by atoms with Gasteiger partial charge < -0.3 is 15.9 Å². The number of aryl methyl sites for hydroxylation is 3. The molecule has 0 spiro atoms. The van der Waals surface area contributed by atoms with Crippen molar-refractivity contribution >= 4 is 70.9 Å². The van der Waals surface area contributed by atoms with E-state index in [-0.39, 0.29) is 27.8 Å². The molecule has 10 nitrogen and oxygen atoms in total. The maximum absolute atomic E-state index is 12.0. The fourth-order valence-electron chi connectivity index (χ4n) is 5.33. The standard InChI is InChI=1S/C33H27N5O5S/c1-17-10-21-11-18(2)13-30(39)31(21)29(12-17)37-35-27-8-9-28(26-16-23(44(41,42)43)6-7-24(26)27)36-38-32-19(3)14-20-4-5-22(34)15-25(20)33(32)40/h4-16,39-40H,34H2,1-3H3,(H,41,42,43). The number of phenols is 2. The molecule has 11 heteroatoms. The lowest BCUT2D eigenvalue weighted by Gasteiger charge is -2.10. The molecule has 0 unspecified atom stereocenters. The van der Waals surface area contributed by atoms with Crippen LogP contribution in [-0.2, 0) is 10.1 Å². The van der Waals surface area contributed by atoms with E-state index in [1.54, 1.807) is 43.3 Å². The number of hydrogen-bond acceptors (Lipinski definition) is 9. The second kappa shape index (κ2) is 10.7. The number of nitrogens with zero attached hydrogens (tertiary/aromatic N) is 4. The summed E-state index contributed by atoms with van der Waals surface area (Å²) in [4.78, 5) is -0.333. The van der Waals surface area contributed by atoms with Gasteiger partial charge in [0.25, 0.3) is 10.1 Å². The van der Waals surface area contributed by atoms with Gasteiger partial charge >= 0.3 is 0 Å². The van der Waals surface area contributed by atoms with Gasteiger partial charge in [0.1, 0.15) is 11.4 Å². The van der Waals surface area contributed by atoms with Crippen molar-refractivity contribution in [2.45, 2.75) is 25.7 Å². The van der Waals surface area contributed by atoms with Crippen LogP contribution in [-0.4, -0.2) is 23.2 Å². The Balaban J connectivity index is 1.50. The zero-order valence-corrected chi connectivity index (χ0v) is 24.8. The molecule has 6 aromatic rings. The van der Waals surface area contributed by atoms with E-state index in [0.717, 1.165) is 21.9 Å². The van der Waals surface area contributed by atoms with Gasteiger partial charge in [-0.05, 0) is 103 Å². The molecule has 6 aromatic carbocycles. The van der Waals surface area contributed by atoms with E-state index in [1.165, 1.54) is 18.2 Å². The summed E-state index contributed by atoms with van der Waals surface area (Å²) in [5, 5.41) is 42.8. The molecule has 0 radical (unpaired) electrons. The summed E-state index contributed by atoms with van der Waals surface area (Å²) in [7, 11) is -4.53. The number of nitrogen functional groups attached to an aromatic ring is 1. The van der Waals surface area contributed by atoms with Crippen LogP contribution in [0.25, 0.3) is 32.3 Å².